The number of nitrogens with one attached hydrogen (secondary N) is 3. The van der Waals surface area contributed by atoms with Gasteiger partial charge in [-0.3, -0.25) is 19.7 Å². The summed E-state index contributed by atoms with van der Waals surface area (Å²) >= 11 is 0. The lowest BCUT2D eigenvalue weighted by Gasteiger charge is -2.29. The van der Waals surface area contributed by atoms with E-state index in [9.17, 15) is 32.3 Å². The number of urea groups is 1. The molecule has 0 saturated carbocycles. The molecule has 1 fully saturated rings. The maximum absolute atomic E-state index is 13.0. The van der Waals surface area contributed by atoms with Crippen LogP contribution in [0.15, 0.2) is 36.4 Å². The second kappa shape index (κ2) is 9.40. The number of imide groups is 1. The average Bonchev–Trinajstić information content (AvgIpc) is 3.12. The molecule has 1 saturated heterocycles. The fraction of sp³-hybridized carbons (Fsp3) is 0.333. The molecule has 184 valence electrons. The Morgan fingerprint density at radius 1 is 1.14 bits per heavy atom. The zero-order chi connectivity index (χ0) is 25.3. The first-order valence-corrected chi connectivity index (χ1v) is 11.1. The molecule has 2 aromatic carbocycles. The normalized spacial score (nSPS) is 17.8. The molecule has 0 aliphatic carbocycles. The van der Waals surface area contributed by atoms with Gasteiger partial charge < -0.3 is 15.5 Å². The van der Waals surface area contributed by atoms with Gasteiger partial charge in [0, 0.05) is 30.8 Å². The van der Waals surface area contributed by atoms with E-state index >= 15 is 0 Å². The fourth-order valence-electron chi connectivity index (χ4n) is 4.26. The van der Waals surface area contributed by atoms with Crippen molar-refractivity contribution in [1.29, 1.82) is 0 Å². The minimum atomic E-state index is -4.53. The number of anilines is 1. The number of aryl methyl sites for hydroxylation is 1. The third kappa shape index (κ3) is 5.13. The smallest absolute Gasteiger partial charge is 0.334 e. The van der Waals surface area contributed by atoms with Crippen LogP contribution >= 0.6 is 0 Å². The van der Waals surface area contributed by atoms with Gasteiger partial charge in [-0.15, -0.1) is 0 Å². The average molecular weight is 488 g/mol. The van der Waals surface area contributed by atoms with E-state index in [-0.39, 0.29) is 43.4 Å². The molecule has 2 aromatic rings. The van der Waals surface area contributed by atoms with Crippen LogP contribution in [0.5, 0.6) is 0 Å². The third-order valence-electron chi connectivity index (χ3n) is 6.11. The number of carbonyl (C=O) groups excluding carboxylic acids is 4. The van der Waals surface area contributed by atoms with Gasteiger partial charge in [0.1, 0.15) is 6.04 Å². The number of hydrogen-bond donors (Lipinski definition) is 3. The lowest BCUT2D eigenvalue weighted by atomic mass is 10.0. The van der Waals surface area contributed by atoms with E-state index in [4.69, 9.17) is 0 Å². The number of rotatable bonds is 5. The molecule has 3 N–H and O–H groups in total. The summed E-state index contributed by atoms with van der Waals surface area (Å²) in [4.78, 5) is 50.1. The molecule has 2 aliphatic rings. The molecule has 8 nitrogen and oxygen atoms in total. The monoisotopic (exact) mass is 488 g/mol. The second-order valence-corrected chi connectivity index (χ2v) is 8.42. The number of amides is 5. The van der Waals surface area contributed by atoms with Crippen molar-refractivity contribution in [3.63, 3.8) is 0 Å². The lowest BCUT2D eigenvalue weighted by Crippen LogP contribution is -2.52. The third-order valence-corrected chi connectivity index (χ3v) is 6.11. The van der Waals surface area contributed by atoms with E-state index in [1.165, 1.54) is 11.0 Å². The van der Waals surface area contributed by atoms with Gasteiger partial charge in [0.2, 0.25) is 11.8 Å². The van der Waals surface area contributed by atoms with Crippen molar-refractivity contribution in [3.05, 3.63) is 64.2 Å². The molecular weight excluding hydrogens is 465 g/mol. The van der Waals surface area contributed by atoms with Crippen LogP contribution in [-0.4, -0.2) is 34.7 Å². The molecule has 0 spiro atoms. The summed E-state index contributed by atoms with van der Waals surface area (Å²) in [7, 11) is 0. The van der Waals surface area contributed by atoms with Gasteiger partial charge in [0.25, 0.3) is 5.91 Å². The minimum Gasteiger partial charge on any atom is -0.334 e. The molecule has 0 bridgehead atoms. The zero-order valence-electron chi connectivity index (χ0n) is 18.8. The van der Waals surface area contributed by atoms with Crippen LogP contribution < -0.4 is 16.0 Å². The highest BCUT2D eigenvalue weighted by atomic mass is 19.4. The number of alkyl halides is 3. The van der Waals surface area contributed by atoms with E-state index in [1.807, 2.05) is 0 Å². The Labute approximate surface area is 198 Å². The highest BCUT2D eigenvalue weighted by Crippen LogP contribution is 2.32. The Balaban J connectivity index is 1.40. The van der Waals surface area contributed by atoms with Crippen LogP contribution in [0.1, 0.15) is 52.4 Å². The molecule has 0 radical (unpaired) electrons. The minimum absolute atomic E-state index is 0.0755. The first kappa shape index (κ1) is 24.2. The summed E-state index contributed by atoms with van der Waals surface area (Å²) < 4.78 is 39.1. The van der Waals surface area contributed by atoms with Crippen molar-refractivity contribution in [2.75, 3.05) is 5.32 Å². The van der Waals surface area contributed by atoms with Gasteiger partial charge in [-0.2, -0.15) is 13.2 Å². The quantitative estimate of drug-likeness (QED) is 0.561. The van der Waals surface area contributed by atoms with Crippen molar-refractivity contribution in [1.82, 2.24) is 15.5 Å². The van der Waals surface area contributed by atoms with Crippen molar-refractivity contribution in [2.45, 2.75) is 51.5 Å². The summed E-state index contributed by atoms with van der Waals surface area (Å²) in [6, 6.07) is 6.84. The summed E-state index contributed by atoms with van der Waals surface area (Å²) in [6.45, 7) is 2.05. The number of fused-ring (bicyclic) bond motifs is 1. The molecule has 1 atom stereocenters. The molecule has 4 rings (SSSR count). The molecule has 2 heterocycles. The Morgan fingerprint density at radius 3 is 2.60 bits per heavy atom. The lowest BCUT2D eigenvalue weighted by molar-refractivity contribution is -0.138. The van der Waals surface area contributed by atoms with E-state index in [0.29, 0.717) is 28.7 Å². The Kier molecular flexibility index (Phi) is 6.51. The van der Waals surface area contributed by atoms with Crippen LogP contribution in [0.4, 0.5) is 23.7 Å². The van der Waals surface area contributed by atoms with E-state index in [2.05, 4.69) is 16.0 Å². The molecule has 0 aromatic heterocycles. The van der Waals surface area contributed by atoms with Gasteiger partial charge >= 0.3 is 12.2 Å². The van der Waals surface area contributed by atoms with E-state index in [0.717, 1.165) is 12.1 Å². The molecule has 5 amide bonds. The standard InChI is InChI=1S/C24H23F3N4O4/c1-2-14-4-5-16(24(25,26)27)10-18(14)29-23(35)28-11-13-3-6-17-15(9-13)12-31(22(17)34)19-7-8-20(32)30-21(19)33/h3-6,9-10,19H,2,7-8,11-12H2,1H3,(H2,28,29,35)(H,30,32,33). The van der Waals surface area contributed by atoms with Crippen LogP contribution in [0.3, 0.4) is 0 Å². The predicted molar refractivity (Wildman–Crippen MR) is 119 cm³/mol. The van der Waals surface area contributed by atoms with E-state index < -0.39 is 29.7 Å². The number of piperidine rings is 1. The van der Waals surface area contributed by atoms with Crippen LogP contribution in [-0.2, 0) is 35.3 Å². The van der Waals surface area contributed by atoms with Crippen LogP contribution in [0.2, 0.25) is 0 Å². The molecule has 2 aliphatic heterocycles. The Morgan fingerprint density at radius 2 is 1.91 bits per heavy atom. The summed E-state index contributed by atoms with van der Waals surface area (Å²) in [6.07, 6.45) is -3.67. The van der Waals surface area contributed by atoms with Gasteiger partial charge in [0.15, 0.2) is 0 Å². The highest BCUT2D eigenvalue weighted by molar-refractivity contribution is 6.05. The SMILES string of the molecule is CCc1ccc(C(F)(F)F)cc1NC(=O)NCc1ccc2c(c1)CN(C1CCC(=O)NC1=O)C2=O. The van der Waals surface area contributed by atoms with Crippen LogP contribution in [0.25, 0.3) is 0 Å². The Bertz CT molecular complexity index is 1210. The summed E-state index contributed by atoms with van der Waals surface area (Å²) in [5.74, 6) is -1.16. The maximum Gasteiger partial charge on any atom is 0.416 e. The molecule has 35 heavy (non-hydrogen) atoms. The molecule has 11 heteroatoms. The molecular formula is C24H23F3N4O4. The predicted octanol–water partition coefficient (Wildman–Crippen LogP) is 3.35. The van der Waals surface area contributed by atoms with Gasteiger partial charge in [-0.25, -0.2) is 4.79 Å². The number of halogens is 3. The largest absolute Gasteiger partial charge is 0.416 e. The fourth-order valence-corrected chi connectivity index (χ4v) is 4.26. The number of benzene rings is 2. The van der Waals surface area contributed by atoms with Crippen LogP contribution in [0, 0.1) is 0 Å². The second-order valence-electron chi connectivity index (χ2n) is 8.42. The van der Waals surface area contributed by atoms with Gasteiger partial charge in [-0.1, -0.05) is 25.1 Å². The first-order valence-electron chi connectivity index (χ1n) is 11.1. The van der Waals surface area contributed by atoms with Crippen molar-refractivity contribution in [3.8, 4) is 0 Å². The highest BCUT2D eigenvalue weighted by Gasteiger charge is 2.39. The maximum atomic E-state index is 13.0. The number of hydrogen-bond acceptors (Lipinski definition) is 4. The van der Waals surface area contributed by atoms with Gasteiger partial charge in [-0.05, 0) is 47.7 Å². The van der Waals surface area contributed by atoms with Crippen molar-refractivity contribution >= 4 is 29.4 Å². The Hall–Kier alpha value is -3.89. The first-order chi connectivity index (χ1) is 16.6. The van der Waals surface area contributed by atoms with Crippen molar-refractivity contribution in [2.24, 2.45) is 0 Å². The number of carbonyl (C=O) groups is 4. The van der Waals surface area contributed by atoms with Crippen molar-refractivity contribution < 1.29 is 32.3 Å². The van der Waals surface area contributed by atoms with Gasteiger partial charge in [0.05, 0.1) is 5.56 Å². The zero-order valence-corrected chi connectivity index (χ0v) is 18.8. The number of nitrogens with zero attached hydrogens (tertiary/aromatic N) is 1. The summed E-state index contributed by atoms with van der Waals surface area (Å²) in [5, 5.41) is 7.34. The molecule has 1 unspecified atom stereocenters. The summed E-state index contributed by atoms with van der Waals surface area (Å²) in [5.41, 5.74) is 1.60. The van der Waals surface area contributed by atoms with E-state index in [1.54, 1.807) is 25.1 Å². The topological polar surface area (TPSA) is 108 Å².